The summed E-state index contributed by atoms with van der Waals surface area (Å²) >= 11 is 0.736. The van der Waals surface area contributed by atoms with Gasteiger partial charge in [-0.15, -0.1) is 0 Å². The molecule has 2 heterocycles. The minimum atomic E-state index is -0.764. The van der Waals surface area contributed by atoms with E-state index in [1.807, 2.05) is 0 Å². The van der Waals surface area contributed by atoms with Crippen molar-refractivity contribution in [3.05, 3.63) is 46.6 Å². The molecule has 3 rings (SSSR count). The van der Waals surface area contributed by atoms with Gasteiger partial charge in [0.15, 0.2) is 5.01 Å². The van der Waals surface area contributed by atoms with Crippen molar-refractivity contribution in [1.82, 2.24) is 13.9 Å². The van der Waals surface area contributed by atoms with E-state index in [9.17, 15) is 18.8 Å². The molecule has 0 unspecified atom stereocenters. The van der Waals surface area contributed by atoms with Crippen molar-refractivity contribution in [2.75, 3.05) is 20.8 Å². The molecule has 0 amide bonds. The lowest BCUT2D eigenvalue weighted by molar-refractivity contribution is -0.147. The summed E-state index contributed by atoms with van der Waals surface area (Å²) in [5, 5.41) is 0.292. The fraction of sp³-hybridized carbons (Fsp3) is 0.235. The highest BCUT2D eigenvalue weighted by molar-refractivity contribution is 7.08. The van der Waals surface area contributed by atoms with Crippen molar-refractivity contribution in [3.63, 3.8) is 0 Å². The highest BCUT2D eigenvalue weighted by Gasteiger charge is 2.23. The molecule has 28 heavy (non-hydrogen) atoms. The van der Waals surface area contributed by atoms with Crippen molar-refractivity contribution < 1.29 is 33.0 Å². The van der Waals surface area contributed by atoms with Crippen LogP contribution < -0.4 is 0 Å². The number of ether oxygens (including phenoxy) is 3. The number of rotatable bonds is 7. The number of nitrogens with zero attached hydrogens (tertiary/aromatic N) is 3. The minimum absolute atomic E-state index is 0.0424. The van der Waals surface area contributed by atoms with E-state index >= 15 is 0 Å². The predicted molar refractivity (Wildman–Crippen MR) is 94.5 cm³/mol. The number of carbonyl (C=O) groups excluding carboxylic acids is 3. The molecule has 0 aliphatic carbocycles. The van der Waals surface area contributed by atoms with E-state index in [4.69, 9.17) is 4.74 Å². The Kier molecular flexibility index (Phi) is 5.76. The zero-order valence-corrected chi connectivity index (χ0v) is 15.6. The third kappa shape index (κ3) is 3.89. The van der Waals surface area contributed by atoms with Gasteiger partial charge in [-0.25, -0.2) is 19.0 Å². The Balaban J connectivity index is 1.94. The lowest BCUT2D eigenvalue weighted by Gasteiger charge is -2.05. The van der Waals surface area contributed by atoms with Gasteiger partial charge in [0.1, 0.15) is 19.2 Å². The van der Waals surface area contributed by atoms with Crippen molar-refractivity contribution >= 4 is 40.2 Å². The average Bonchev–Trinajstić information content (AvgIpc) is 3.32. The Morgan fingerprint density at radius 3 is 2.71 bits per heavy atom. The molecule has 146 valence electrons. The maximum absolute atomic E-state index is 13.8. The Hall–Kier alpha value is -3.18. The molecular formula is C17H14FN3O6S. The Bertz CT molecular complexity index is 1060. The van der Waals surface area contributed by atoms with Gasteiger partial charge in [-0.05, 0) is 29.7 Å². The van der Waals surface area contributed by atoms with E-state index in [1.54, 1.807) is 4.57 Å². The Morgan fingerprint density at radius 2 is 2.00 bits per heavy atom. The second-order valence-corrected chi connectivity index (χ2v) is 6.22. The molecule has 0 atom stereocenters. The monoisotopic (exact) mass is 407 g/mol. The van der Waals surface area contributed by atoms with Crippen LogP contribution in [0.3, 0.4) is 0 Å². The van der Waals surface area contributed by atoms with E-state index in [-0.39, 0.29) is 29.7 Å². The van der Waals surface area contributed by atoms with Crippen molar-refractivity contribution in [2.24, 2.45) is 0 Å². The number of methoxy groups -OCH3 is 2. The van der Waals surface area contributed by atoms with Crippen molar-refractivity contribution in [2.45, 2.75) is 6.73 Å². The van der Waals surface area contributed by atoms with Crippen LogP contribution in [0, 0.1) is 5.82 Å². The molecule has 0 saturated carbocycles. The number of esters is 2. The van der Waals surface area contributed by atoms with Gasteiger partial charge in [0.2, 0.25) is 5.78 Å². The predicted octanol–water partition coefficient (Wildman–Crippen LogP) is 1.80. The molecule has 11 heteroatoms. The van der Waals surface area contributed by atoms with Crippen molar-refractivity contribution in [1.29, 1.82) is 0 Å². The fourth-order valence-electron chi connectivity index (χ4n) is 2.45. The summed E-state index contributed by atoms with van der Waals surface area (Å²) in [5.41, 5.74) is 0.677. The summed E-state index contributed by atoms with van der Waals surface area (Å²) in [4.78, 5) is 39.4. The van der Waals surface area contributed by atoms with Gasteiger partial charge in [-0.1, -0.05) is 0 Å². The van der Waals surface area contributed by atoms with Crippen LogP contribution in [0.1, 0.15) is 26.0 Å². The summed E-state index contributed by atoms with van der Waals surface area (Å²) in [6.07, 6.45) is 1.46. The molecule has 0 radical (unpaired) electrons. The smallest absolute Gasteiger partial charge is 0.377 e. The summed E-state index contributed by atoms with van der Waals surface area (Å²) in [7, 11) is 2.41. The number of aromatic nitrogens is 3. The van der Waals surface area contributed by atoms with E-state index in [0.717, 1.165) is 11.5 Å². The molecule has 9 nitrogen and oxygen atoms in total. The number of fused-ring (bicyclic) bond motifs is 1. The fourth-order valence-corrected chi connectivity index (χ4v) is 3.06. The first kappa shape index (κ1) is 19.6. The SMILES string of the molecule is COC(=O)COCn1cc(C(=O)c2nc(C(=O)OC)ns2)c2cc(F)ccc21. The summed E-state index contributed by atoms with van der Waals surface area (Å²) in [6.45, 7) is -0.340. The molecular weight excluding hydrogens is 393 g/mol. The first-order valence-electron chi connectivity index (χ1n) is 7.84. The van der Waals surface area contributed by atoms with Gasteiger partial charge in [-0.3, -0.25) is 4.79 Å². The number of carbonyl (C=O) groups is 3. The standard InChI is InChI=1S/C17H14FN3O6S/c1-25-13(22)7-27-8-21-6-11(10-5-9(18)3-4-12(10)21)14(23)16-19-15(20-28-16)17(24)26-2/h3-6H,7-8H2,1-2H3. The second-order valence-electron chi connectivity index (χ2n) is 5.47. The van der Waals surface area contributed by atoms with Crippen LogP contribution in [-0.2, 0) is 25.7 Å². The zero-order valence-electron chi connectivity index (χ0n) is 14.8. The Morgan fingerprint density at radius 1 is 1.21 bits per heavy atom. The molecule has 2 aromatic heterocycles. The van der Waals surface area contributed by atoms with Gasteiger partial charge < -0.3 is 18.8 Å². The van der Waals surface area contributed by atoms with Crippen LogP contribution >= 0.6 is 11.5 Å². The maximum atomic E-state index is 13.8. The lowest BCUT2D eigenvalue weighted by Crippen LogP contribution is -2.12. The molecule has 0 N–H and O–H groups in total. The third-order valence-electron chi connectivity index (χ3n) is 3.75. The first-order valence-corrected chi connectivity index (χ1v) is 8.61. The minimum Gasteiger partial charge on any atom is -0.467 e. The van der Waals surface area contributed by atoms with Crippen LogP contribution in [0.4, 0.5) is 4.39 Å². The molecule has 0 aliphatic rings. The van der Waals surface area contributed by atoms with Gasteiger partial charge in [0.25, 0.3) is 5.82 Å². The highest BCUT2D eigenvalue weighted by Crippen LogP contribution is 2.25. The number of halogens is 1. The van der Waals surface area contributed by atoms with E-state index in [0.29, 0.717) is 10.9 Å². The van der Waals surface area contributed by atoms with Crippen LogP contribution in [0.5, 0.6) is 0 Å². The summed E-state index contributed by atoms with van der Waals surface area (Å²) < 4.78 is 33.4. The average molecular weight is 407 g/mol. The molecule has 0 bridgehead atoms. The molecule has 0 saturated heterocycles. The molecule has 3 aromatic rings. The van der Waals surface area contributed by atoms with Gasteiger partial charge in [0, 0.05) is 11.6 Å². The topological polar surface area (TPSA) is 110 Å². The quantitative estimate of drug-likeness (QED) is 0.431. The molecule has 1 aromatic carbocycles. The van der Waals surface area contributed by atoms with Gasteiger partial charge in [0.05, 0.1) is 25.3 Å². The largest absolute Gasteiger partial charge is 0.467 e. The first-order chi connectivity index (χ1) is 13.4. The van der Waals surface area contributed by atoms with Gasteiger partial charge >= 0.3 is 11.9 Å². The normalized spacial score (nSPS) is 10.8. The van der Waals surface area contributed by atoms with Crippen LogP contribution in [0.25, 0.3) is 10.9 Å². The number of benzene rings is 1. The zero-order chi connectivity index (χ0) is 20.3. The summed E-state index contributed by atoms with van der Waals surface area (Å²) in [5.74, 6) is -2.60. The second kappa shape index (κ2) is 8.23. The van der Waals surface area contributed by atoms with Crippen LogP contribution in [-0.4, -0.2) is 52.5 Å². The number of hydrogen-bond acceptors (Lipinski definition) is 9. The van der Waals surface area contributed by atoms with E-state index in [1.165, 1.54) is 38.6 Å². The van der Waals surface area contributed by atoms with Crippen LogP contribution in [0.2, 0.25) is 0 Å². The third-order valence-corrected chi connectivity index (χ3v) is 4.47. The van der Waals surface area contributed by atoms with E-state index < -0.39 is 23.5 Å². The molecule has 0 spiro atoms. The number of ketones is 1. The van der Waals surface area contributed by atoms with Crippen LogP contribution in [0.15, 0.2) is 24.4 Å². The van der Waals surface area contributed by atoms with Crippen molar-refractivity contribution in [3.8, 4) is 0 Å². The number of hydrogen-bond donors (Lipinski definition) is 0. The highest BCUT2D eigenvalue weighted by atomic mass is 32.1. The Labute approximate surface area is 161 Å². The van der Waals surface area contributed by atoms with E-state index in [2.05, 4.69) is 18.8 Å². The summed E-state index contributed by atoms with van der Waals surface area (Å²) in [6, 6.07) is 3.94. The molecule has 0 fully saturated rings. The van der Waals surface area contributed by atoms with Gasteiger partial charge in [-0.2, -0.15) is 4.37 Å². The lowest BCUT2D eigenvalue weighted by atomic mass is 10.1. The molecule has 0 aliphatic heterocycles. The maximum Gasteiger partial charge on any atom is 0.377 e.